The maximum atomic E-state index is 12.7. The van der Waals surface area contributed by atoms with Crippen LogP contribution in [-0.4, -0.2) is 91.7 Å². The van der Waals surface area contributed by atoms with Crippen LogP contribution in [0.1, 0.15) is 47.6 Å². The number of ketones is 1. The Balaban J connectivity index is 0.000000687. The van der Waals surface area contributed by atoms with Crippen LogP contribution in [0.5, 0.6) is 5.75 Å². The number of rotatable bonds is 11. The molecule has 1 aromatic heterocycles. The molecule has 0 spiro atoms. The van der Waals surface area contributed by atoms with E-state index in [0.29, 0.717) is 24.3 Å². The highest BCUT2D eigenvalue weighted by atomic mass is 19.4. The van der Waals surface area contributed by atoms with Gasteiger partial charge in [0, 0.05) is 12.0 Å². The summed E-state index contributed by atoms with van der Waals surface area (Å²) in [5, 5.41) is 39.7. The summed E-state index contributed by atoms with van der Waals surface area (Å²) in [6.07, 6.45) is -9.89. The molecular formula is C27H27F6N3O12. The zero-order valence-electron chi connectivity index (χ0n) is 24.2. The zero-order chi connectivity index (χ0) is 37.0. The smallest absolute Gasteiger partial charge is 0.481 e. The van der Waals surface area contributed by atoms with Gasteiger partial charge in [-0.25, -0.2) is 14.4 Å². The second-order valence-electron chi connectivity index (χ2n) is 9.63. The Morgan fingerprint density at radius 3 is 1.85 bits per heavy atom. The molecule has 0 bridgehead atoms. The molecule has 0 saturated carbocycles. The highest BCUT2D eigenvalue weighted by Crippen LogP contribution is 2.25. The standard InChI is InChI=1S/C23H25N3O8.2C2HF3O2/c24-21(25)13-3-5-15(6-4-13)34-23(32)19-8-7-16(33-19)12-26-9-1-2-17(26)18(27)10-14(22(30)31)11-20(28)29;2*3-2(4,5)1(6)7/h3-8,14,17H,1-2,9-12H2,(H3,24,25)(H,28,29)(H,30,31);2*(H,6,7)/t14-,17+;;/m1../s1. The number of carboxylic acid groups (broad SMARTS) is 4. The third kappa shape index (κ3) is 13.9. The molecule has 1 aliphatic heterocycles. The molecule has 21 heteroatoms. The number of carbonyl (C=O) groups excluding carboxylic acids is 2. The fourth-order valence-electron chi connectivity index (χ4n) is 3.85. The van der Waals surface area contributed by atoms with Gasteiger partial charge in [-0.1, -0.05) is 0 Å². The molecule has 0 unspecified atom stereocenters. The van der Waals surface area contributed by atoms with E-state index in [2.05, 4.69) is 0 Å². The molecule has 1 aliphatic rings. The van der Waals surface area contributed by atoms with Crippen molar-refractivity contribution >= 4 is 41.5 Å². The van der Waals surface area contributed by atoms with Crippen LogP contribution in [0.2, 0.25) is 0 Å². The molecule has 2 heterocycles. The van der Waals surface area contributed by atoms with Crippen molar-refractivity contribution in [3.05, 3.63) is 53.5 Å². The van der Waals surface area contributed by atoms with E-state index in [0.717, 1.165) is 6.42 Å². The van der Waals surface area contributed by atoms with Crippen molar-refractivity contribution < 1.29 is 84.7 Å². The number of esters is 1. The van der Waals surface area contributed by atoms with E-state index in [-0.39, 0.29) is 36.1 Å². The molecule has 3 rings (SSSR count). The van der Waals surface area contributed by atoms with Gasteiger partial charge in [0.25, 0.3) is 0 Å². The minimum Gasteiger partial charge on any atom is -0.481 e. The Hall–Kier alpha value is -5.47. The summed E-state index contributed by atoms with van der Waals surface area (Å²) in [5.41, 5.74) is 5.89. The van der Waals surface area contributed by atoms with E-state index in [4.69, 9.17) is 45.2 Å². The Kier molecular flexibility index (Phi) is 14.7. The maximum Gasteiger partial charge on any atom is 0.490 e. The predicted molar refractivity (Wildman–Crippen MR) is 145 cm³/mol. The van der Waals surface area contributed by atoms with Crippen molar-refractivity contribution in [2.24, 2.45) is 11.7 Å². The van der Waals surface area contributed by atoms with Crippen LogP contribution in [0.15, 0.2) is 40.8 Å². The van der Waals surface area contributed by atoms with Crippen molar-refractivity contribution in [3.8, 4) is 5.75 Å². The third-order valence-electron chi connectivity index (χ3n) is 6.04. The van der Waals surface area contributed by atoms with Crippen molar-refractivity contribution in [2.75, 3.05) is 6.54 Å². The van der Waals surface area contributed by atoms with E-state index in [1.807, 2.05) is 4.90 Å². The normalized spacial score (nSPS) is 15.1. The Morgan fingerprint density at radius 2 is 1.42 bits per heavy atom. The third-order valence-corrected chi connectivity index (χ3v) is 6.04. The lowest BCUT2D eigenvalue weighted by Gasteiger charge is -2.23. The number of alkyl halides is 6. The monoisotopic (exact) mass is 699 g/mol. The second kappa shape index (κ2) is 17.4. The lowest BCUT2D eigenvalue weighted by atomic mass is 9.94. The Labute approximate surface area is 265 Å². The largest absolute Gasteiger partial charge is 0.490 e. The van der Waals surface area contributed by atoms with Gasteiger partial charge in [-0.05, 0) is 55.8 Å². The summed E-state index contributed by atoms with van der Waals surface area (Å²) in [6, 6.07) is 8.63. The summed E-state index contributed by atoms with van der Waals surface area (Å²) < 4.78 is 74.3. The number of furan rings is 1. The lowest BCUT2D eigenvalue weighted by Crippen LogP contribution is -2.37. The summed E-state index contributed by atoms with van der Waals surface area (Å²) >= 11 is 0. The number of Topliss-reactive ketones (excluding diaryl/α,β-unsaturated/α-hetero) is 1. The number of aliphatic carboxylic acids is 4. The van der Waals surface area contributed by atoms with E-state index in [1.54, 1.807) is 18.2 Å². The molecular weight excluding hydrogens is 672 g/mol. The van der Waals surface area contributed by atoms with Gasteiger partial charge in [0.1, 0.15) is 17.3 Å². The zero-order valence-corrected chi connectivity index (χ0v) is 24.2. The minimum absolute atomic E-state index is 0.0277. The van der Waals surface area contributed by atoms with Gasteiger partial charge in [0.2, 0.25) is 5.76 Å². The van der Waals surface area contributed by atoms with Crippen LogP contribution >= 0.6 is 0 Å². The number of nitrogens with two attached hydrogens (primary N) is 1. The molecule has 1 aromatic carbocycles. The average Bonchev–Trinajstić information content (AvgIpc) is 3.62. The highest BCUT2D eigenvalue weighted by Gasteiger charge is 2.39. The van der Waals surface area contributed by atoms with Crippen LogP contribution in [0.25, 0.3) is 0 Å². The SMILES string of the molecule is N=C(N)c1ccc(OC(=O)c2ccc(CN3CCC[C@H]3C(=O)C[C@H](CC(=O)O)C(=O)O)o2)cc1.O=C(O)C(F)(F)F.O=C(O)C(F)(F)F. The fraction of sp³-hybridized carbons (Fsp3) is 0.370. The van der Waals surface area contributed by atoms with Crippen molar-refractivity contribution in [3.63, 3.8) is 0 Å². The Bertz CT molecular complexity index is 1460. The van der Waals surface area contributed by atoms with Gasteiger partial charge < -0.3 is 35.3 Å². The van der Waals surface area contributed by atoms with E-state index in [1.165, 1.54) is 18.2 Å². The van der Waals surface area contributed by atoms with Crippen LogP contribution in [0.4, 0.5) is 26.3 Å². The number of carboxylic acids is 4. The molecule has 264 valence electrons. The lowest BCUT2D eigenvalue weighted by molar-refractivity contribution is -0.193. The van der Waals surface area contributed by atoms with E-state index >= 15 is 0 Å². The number of hydrogen-bond donors (Lipinski definition) is 6. The number of nitrogen functional groups attached to an aromatic ring is 1. The quantitative estimate of drug-likeness (QED) is 0.0648. The fourth-order valence-corrected chi connectivity index (χ4v) is 3.85. The molecule has 15 nitrogen and oxygen atoms in total. The van der Waals surface area contributed by atoms with E-state index < -0.39 is 60.6 Å². The van der Waals surface area contributed by atoms with Crippen LogP contribution < -0.4 is 10.5 Å². The number of halogens is 6. The predicted octanol–water partition coefficient (Wildman–Crippen LogP) is 3.15. The first kappa shape index (κ1) is 40.6. The van der Waals surface area contributed by atoms with Gasteiger partial charge in [-0.2, -0.15) is 26.3 Å². The Morgan fingerprint density at radius 1 is 0.896 bits per heavy atom. The summed E-state index contributed by atoms with van der Waals surface area (Å²) in [4.78, 5) is 66.9. The number of nitrogens with zero attached hydrogens (tertiary/aromatic N) is 1. The molecule has 48 heavy (non-hydrogen) atoms. The van der Waals surface area contributed by atoms with Gasteiger partial charge >= 0.3 is 42.2 Å². The molecule has 0 amide bonds. The maximum absolute atomic E-state index is 12.7. The molecule has 1 fully saturated rings. The molecule has 7 N–H and O–H groups in total. The molecule has 0 radical (unpaired) electrons. The summed E-state index contributed by atoms with van der Waals surface area (Å²) in [5.74, 6) is -9.86. The second-order valence-corrected chi connectivity index (χ2v) is 9.63. The van der Waals surface area contributed by atoms with Crippen LogP contribution in [-0.2, 0) is 30.5 Å². The number of nitrogens with one attached hydrogen (secondary N) is 1. The van der Waals surface area contributed by atoms with E-state index in [9.17, 15) is 50.6 Å². The number of carbonyl (C=O) groups is 6. The number of ether oxygens (including phenoxy) is 1. The average molecular weight is 700 g/mol. The van der Waals surface area contributed by atoms with Gasteiger partial charge in [0.05, 0.1) is 24.9 Å². The topological polar surface area (TPSA) is 259 Å². The van der Waals surface area contributed by atoms with Gasteiger partial charge in [0.15, 0.2) is 5.78 Å². The first-order chi connectivity index (χ1) is 22.0. The van der Waals surface area contributed by atoms with Crippen molar-refractivity contribution in [2.45, 2.75) is 50.6 Å². The molecule has 1 saturated heterocycles. The van der Waals surface area contributed by atoms with Crippen molar-refractivity contribution in [1.82, 2.24) is 4.90 Å². The first-order valence-corrected chi connectivity index (χ1v) is 13.1. The summed E-state index contributed by atoms with van der Waals surface area (Å²) in [7, 11) is 0. The molecule has 2 aromatic rings. The first-order valence-electron chi connectivity index (χ1n) is 13.1. The van der Waals surface area contributed by atoms with Crippen molar-refractivity contribution in [1.29, 1.82) is 5.41 Å². The molecule has 2 atom stereocenters. The minimum atomic E-state index is -5.08. The number of hydrogen-bond acceptors (Lipinski definition) is 10. The number of benzene rings is 1. The molecule has 0 aliphatic carbocycles. The number of likely N-dealkylation sites (tertiary alicyclic amines) is 1. The van der Waals surface area contributed by atoms with Gasteiger partial charge in [-0.15, -0.1) is 0 Å². The highest BCUT2D eigenvalue weighted by molar-refractivity contribution is 5.95. The van der Waals surface area contributed by atoms with Gasteiger partial charge in [-0.3, -0.25) is 24.7 Å². The van der Waals surface area contributed by atoms with Crippen LogP contribution in [0.3, 0.4) is 0 Å². The number of amidine groups is 1. The summed E-state index contributed by atoms with van der Waals surface area (Å²) in [6.45, 7) is 0.809. The van der Waals surface area contributed by atoms with Crippen LogP contribution in [0, 0.1) is 11.3 Å².